The highest BCUT2D eigenvalue weighted by atomic mass is 16.5. The molecule has 5 aromatic carbocycles. The molecule has 0 amide bonds. The minimum absolute atomic E-state index is 0.147. The second-order valence-corrected chi connectivity index (χ2v) is 12.1. The van der Waals surface area contributed by atoms with Gasteiger partial charge in [0.15, 0.2) is 6.10 Å². The lowest BCUT2D eigenvalue weighted by Gasteiger charge is -2.18. The molecule has 5 nitrogen and oxygen atoms in total. The van der Waals surface area contributed by atoms with Crippen molar-refractivity contribution in [2.45, 2.75) is 32.9 Å². The van der Waals surface area contributed by atoms with Crippen molar-refractivity contribution < 1.29 is 9.47 Å². The van der Waals surface area contributed by atoms with Gasteiger partial charge in [-0.1, -0.05) is 72.3 Å². The molecule has 0 aliphatic carbocycles. The number of benzene rings is 5. The number of hydrogen-bond acceptors (Lipinski definition) is 4. The molecule has 0 saturated heterocycles. The van der Waals surface area contributed by atoms with Crippen LogP contribution in [0.3, 0.4) is 0 Å². The van der Waals surface area contributed by atoms with Gasteiger partial charge >= 0.3 is 0 Å². The first kappa shape index (κ1) is 27.8. The van der Waals surface area contributed by atoms with Crippen molar-refractivity contribution in [3.8, 4) is 17.2 Å². The third-order valence-electron chi connectivity index (χ3n) is 8.56. The van der Waals surface area contributed by atoms with Crippen molar-refractivity contribution in [3.63, 3.8) is 0 Å². The maximum absolute atomic E-state index is 6.62. The SMILES string of the molecule is Cc1cc(Oc2cc(C)cc(-n3c4ccc(C)cc4c4cccnc43)c2)cc(C2=N[C@H](c3ccccc3)[C@@H](c3ccccc3)O2)c1. The fourth-order valence-electron chi connectivity index (χ4n) is 6.55. The van der Waals surface area contributed by atoms with Gasteiger partial charge in [-0.3, -0.25) is 4.57 Å². The standard InChI is InChI=1S/C41H33N3O2/c1-26-16-17-37-36(23-26)35-15-10-18-42-40(35)44(37)32-20-28(3)22-34(25-32)45-33-21-27(2)19-31(24-33)41-43-38(29-11-6-4-7-12-29)39(46-41)30-13-8-5-9-14-30/h4-25,38-39H,1-3H3/t38-,39-/m1/s1. The Morgan fingerprint density at radius 2 is 1.35 bits per heavy atom. The van der Waals surface area contributed by atoms with Crippen LogP contribution in [-0.2, 0) is 4.74 Å². The molecule has 2 atom stereocenters. The summed E-state index contributed by atoms with van der Waals surface area (Å²) in [6.07, 6.45) is 1.64. The number of fused-ring (bicyclic) bond motifs is 3. The Balaban J connectivity index is 1.16. The van der Waals surface area contributed by atoms with Crippen molar-refractivity contribution in [1.82, 2.24) is 9.55 Å². The van der Waals surface area contributed by atoms with E-state index in [9.17, 15) is 0 Å². The van der Waals surface area contributed by atoms with Crippen LogP contribution in [0.2, 0.25) is 0 Å². The molecule has 3 heterocycles. The summed E-state index contributed by atoms with van der Waals surface area (Å²) in [5, 5.41) is 2.32. The van der Waals surface area contributed by atoms with Crippen LogP contribution < -0.4 is 4.74 Å². The molecule has 0 unspecified atom stereocenters. The van der Waals surface area contributed by atoms with Crippen LogP contribution in [-0.4, -0.2) is 15.4 Å². The van der Waals surface area contributed by atoms with Gasteiger partial charge in [0, 0.05) is 28.6 Å². The maximum atomic E-state index is 6.62. The van der Waals surface area contributed by atoms with Gasteiger partial charge in [-0.2, -0.15) is 0 Å². The molecule has 0 fully saturated rings. The fourth-order valence-corrected chi connectivity index (χ4v) is 6.55. The molecule has 0 radical (unpaired) electrons. The quantitative estimate of drug-likeness (QED) is 0.191. The second kappa shape index (κ2) is 11.4. The van der Waals surface area contributed by atoms with E-state index in [1.54, 1.807) is 0 Å². The summed E-state index contributed by atoms with van der Waals surface area (Å²) in [6.45, 7) is 6.29. The van der Waals surface area contributed by atoms with Crippen molar-refractivity contribution in [3.05, 3.63) is 167 Å². The number of hydrogen-bond donors (Lipinski definition) is 0. The molecule has 0 spiro atoms. The Morgan fingerprint density at radius 3 is 2.13 bits per heavy atom. The molecule has 0 bridgehead atoms. The molecule has 2 aromatic heterocycles. The summed E-state index contributed by atoms with van der Waals surface area (Å²) < 4.78 is 15.4. The predicted molar refractivity (Wildman–Crippen MR) is 185 cm³/mol. The highest BCUT2D eigenvalue weighted by Crippen LogP contribution is 2.42. The normalized spacial score (nSPS) is 16.0. The monoisotopic (exact) mass is 599 g/mol. The molecular weight excluding hydrogens is 566 g/mol. The number of pyridine rings is 1. The number of aromatic nitrogens is 2. The molecule has 1 aliphatic rings. The van der Waals surface area contributed by atoms with Crippen LogP contribution in [0.5, 0.6) is 11.5 Å². The largest absolute Gasteiger partial charge is 0.467 e. The van der Waals surface area contributed by atoms with Gasteiger partial charge in [-0.15, -0.1) is 0 Å². The Labute approximate surface area is 268 Å². The van der Waals surface area contributed by atoms with Crippen molar-refractivity contribution in [1.29, 1.82) is 0 Å². The van der Waals surface area contributed by atoms with Gasteiger partial charge in [0.25, 0.3) is 0 Å². The zero-order valence-corrected chi connectivity index (χ0v) is 26.0. The Morgan fingerprint density at radius 1 is 0.630 bits per heavy atom. The molecule has 5 heteroatoms. The summed E-state index contributed by atoms with van der Waals surface area (Å²) in [5.74, 6) is 2.10. The maximum Gasteiger partial charge on any atom is 0.217 e. The van der Waals surface area contributed by atoms with Crippen molar-refractivity contribution in [2.24, 2.45) is 4.99 Å². The number of ether oxygens (including phenoxy) is 2. The molecule has 8 rings (SSSR count). The smallest absolute Gasteiger partial charge is 0.217 e. The van der Waals surface area contributed by atoms with Crippen LogP contribution in [0, 0.1) is 20.8 Å². The van der Waals surface area contributed by atoms with Gasteiger partial charge in [-0.05, 0) is 97.6 Å². The first-order valence-corrected chi connectivity index (χ1v) is 15.6. The summed E-state index contributed by atoms with van der Waals surface area (Å²) >= 11 is 0. The average molecular weight is 600 g/mol. The van der Waals surface area contributed by atoms with E-state index in [4.69, 9.17) is 19.5 Å². The number of nitrogens with zero attached hydrogens (tertiary/aromatic N) is 3. The third-order valence-corrected chi connectivity index (χ3v) is 8.56. The molecule has 224 valence electrons. The first-order valence-electron chi connectivity index (χ1n) is 15.6. The molecular formula is C41H33N3O2. The van der Waals surface area contributed by atoms with Crippen LogP contribution in [0.15, 0.2) is 139 Å². The first-order chi connectivity index (χ1) is 22.5. The highest BCUT2D eigenvalue weighted by molar-refractivity contribution is 6.08. The second-order valence-electron chi connectivity index (χ2n) is 12.1. The highest BCUT2D eigenvalue weighted by Gasteiger charge is 2.34. The van der Waals surface area contributed by atoms with E-state index >= 15 is 0 Å². The minimum Gasteiger partial charge on any atom is -0.467 e. The van der Waals surface area contributed by atoms with Crippen LogP contribution >= 0.6 is 0 Å². The lowest BCUT2D eigenvalue weighted by Crippen LogP contribution is -2.09. The van der Waals surface area contributed by atoms with E-state index in [1.807, 2.05) is 42.6 Å². The van der Waals surface area contributed by atoms with Crippen LogP contribution in [0.1, 0.15) is 45.5 Å². The number of rotatable bonds is 6. The Bertz CT molecular complexity index is 2250. The van der Waals surface area contributed by atoms with E-state index in [-0.39, 0.29) is 12.1 Å². The third kappa shape index (κ3) is 5.10. The van der Waals surface area contributed by atoms with Gasteiger partial charge in [0.2, 0.25) is 5.90 Å². The zero-order valence-electron chi connectivity index (χ0n) is 26.0. The lowest BCUT2D eigenvalue weighted by molar-refractivity contribution is 0.197. The van der Waals surface area contributed by atoms with E-state index < -0.39 is 0 Å². The number of aryl methyl sites for hydroxylation is 3. The van der Waals surface area contributed by atoms with Gasteiger partial charge in [-0.25, -0.2) is 9.98 Å². The average Bonchev–Trinajstić information content (AvgIpc) is 3.65. The zero-order chi connectivity index (χ0) is 31.2. The van der Waals surface area contributed by atoms with Crippen LogP contribution in [0.25, 0.3) is 27.6 Å². The van der Waals surface area contributed by atoms with Gasteiger partial charge < -0.3 is 9.47 Å². The number of aliphatic imine (C=N–C) groups is 1. The molecule has 0 N–H and O–H groups in total. The van der Waals surface area contributed by atoms with Crippen LogP contribution in [0.4, 0.5) is 0 Å². The summed E-state index contributed by atoms with van der Waals surface area (Å²) in [6, 6.07) is 43.7. The van der Waals surface area contributed by atoms with E-state index in [1.165, 1.54) is 10.9 Å². The van der Waals surface area contributed by atoms with Crippen molar-refractivity contribution >= 4 is 27.8 Å². The lowest BCUT2D eigenvalue weighted by atomic mass is 9.97. The molecule has 7 aromatic rings. The van der Waals surface area contributed by atoms with E-state index in [0.717, 1.165) is 61.6 Å². The molecule has 0 saturated carbocycles. The predicted octanol–water partition coefficient (Wildman–Crippen LogP) is 10.2. The van der Waals surface area contributed by atoms with Gasteiger partial charge in [0.1, 0.15) is 23.2 Å². The topological polar surface area (TPSA) is 48.6 Å². The Hall–Kier alpha value is -5.68. The summed E-state index contributed by atoms with van der Waals surface area (Å²) in [4.78, 5) is 9.92. The fraction of sp³-hybridized carbons (Fsp3) is 0.122. The van der Waals surface area contributed by atoms with E-state index in [0.29, 0.717) is 5.90 Å². The Kier molecular flexibility index (Phi) is 6.87. The summed E-state index contributed by atoms with van der Waals surface area (Å²) in [7, 11) is 0. The van der Waals surface area contributed by atoms with E-state index in [2.05, 4.69) is 116 Å². The summed E-state index contributed by atoms with van der Waals surface area (Å²) in [5.41, 5.74) is 9.54. The van der Waals surface area contributed by atoms with Gasteiger partial charge in [0.05, 0.1) is 11.2 Å². The minimum atomic E-state index is -0.216. The van der Waals surface area contributed by atoms with Crippen molar-refractivity contribution in [2.75, 3.05) is 0 Å². The molecule has 46 heavy (non-hydrogen) atoms. The molecule has 1 aliphatic heterocycles.